The van der Waals surface area contributed by atoms with Crippen LogP contribution in [0.3, 0.4) is 0 Å². The van der Waals surface area contributed by atoms with Crippen molar-refractivity contribution in [2.45, 2.75) is 26.4 Å². The van der Waals surface area contributed by atoms with Crippen molar-refractivity contribution in [1.29, 1.82) is 0 Å². The van der Waals surface area contributed by atoms with Gasteiger partial charge in [0.1, 0.15) is 11.6 Å². The summed E-state index contributed by atoms with van der Waals surface area (Å²) < 4.78 is 10.4. The van der Waals surface area contributed by atoms with Crippen LogP contribution in [0.2, 0.25) is 5.22 Å². The van der Waals surface area contributed by atoms with Crippen LogP contribution < -0.4 is 5.32 Å². The molecule has 1 aromatic carbocycles. The molecule has 0 aliphatic carbocycles. The van der Waals surface area contributed by atoms with Gasteiger partial charge in [-0.3, -0.25) is 4.79 Å². The van der Waals surface area contributed by atoms with Gasteiger partial charge in [-0.15, -0.1) is 0 Å². The summed E-state index contributed by atoms with van der Waals surface area (Å²) in [6, 6.07) is 7.23. The molecule has 0 aliphatic heterocycles. The van der Waals surface area contributed by atoms with Crippen molar-refractivity contribution in [1.82, 2.24) is 5.32 Å². The van der Waals surface area contributed by atoms with Crippen molar-refractivity contribution in [3.63, 3.8) is 0 Å². The van der Waals surface area contributed by atoms with Gasteiger partial charge in [-0.1, -0.05) is 18.2 Å². The molecule has 0 bridgehead atoms. The molecule has 0 saturated carbocycles. The lowest BCUT2D eigenvalue weighted by Crippen LogP contribution is -2.34. The molecule has 2 rings (SSSR count). The molecule has 19 heavy (non-hydrogen) atoms. The number of nitrogens with one attached hydrogen (secondary N) is 1. The van der Waals surface area contributed by atoms with Crippen LogP contribution in [0.25, 0.3) is 11.0 Å². The molecule has 1 N–H and O–H groups in total. The molecule has 5 heteroatoms. The molecule has 0 fully saturated rings. The highest BCUT2D eigenvalue weighted by Crippen LogP contribution is 2.29. The number of rotatable bonds is 5. The molecular weight excluding hydrogens is 266 g/mol. The lowest BCUT2D eigenvalue weighted by molar-refractivity contribution is -0.145. The number of hydrogen-bond acceptors (Lipinski definition) is 4. The van der Waals surface area contributed by atoms with Crippen molar-refractivity contribution >= 4 is 28.5 Å². The Morgan fingerprint density at radius 1 is 1.47 bits per heavy atom. The Balaban J connectivity index is 2.09. The zero-order valence-corrected chi connectivity index (χ0v) is 11.7. The molecular formula is C14H16ClNO3. The Labute approximate surface area is 116 Å². The van der Waals surface area contributed by atoms with Gasteiger partial charge in [0.15, 0.2) is 5.22 Å². The van der Waals surface area contributed by atoms with Crippen molar-refractivity contribution in [3.8, 4) is 0 Å². The maximum absolute atomic E-state index is 11.5. The Kier molecular flexibility index (Phi) is 4.45. The second kappa shape index (κ2) is 6.08. The van der Waals surface area contributed by atoms with E-state index in [-0.39, 0.29) is 12.0 Å². The Morgan fingerprint density at radius 2 is 2.21 bits per heavy atom. The predicted molar refractivity (Wildman–Crippen MR) is 74.2 cm³/mol. The van der Waals surface area contributed by atoms with E-state index in [1.165, 1.54) is 0 Å². The number of fused-ring (bicyclic) bond motifs is 1. The van der Waals surface area contributed by atoms with E-state index >= 15 is 0 Å². The highest BCUT2D eigenvalue weighted by Gasteiger charge is 2.16. The van der Waals surface area contributed by atoms with E-state index in [1.807, 2.05) is 24.3 Å². The lowest BCUT2D eigenvalue weighted by atomic mass is 10.1. The number of furan rings is 1. The van der Waals surface area contributed by atoms with Gasteiger partial charge in [-0.05, 0) is 31.5 Å². The fraction of sp³-hybridized carbons (Fsp3) is 0.357. The quantitative estimate of drug-likeness (QED) is 0.856. The second-order valence-corrected chi connectivity index (χ2v) is 4.55. The van der Waals surface area contributed by atoms with Crippen LogP contribution >= 0.6 is 11.6 Å². The number of halogens is 1. The average molecular weight is 282 g/mol. The van der Waals surface area contributed by atoms with Gasteiger partial charge < -0.3 is 14.5 Å². The molecule has 0 spiro atoms. The van der Waals surface area contributed by atoms with E-state index < -0.39 is 0 Å². The van der Waals surface area contributed by atoms with Crippen LogP contribution in [0.1, 0.15) is 19.4 Å². The number of ether oxygens (including phenoxy) is 1. The van der Waals surface area contributed by atoms with Crippen LogP contribution in [0.4, 0.5) is 0 Å². The minimum absolute atomic E-state index is 0.272. The first-order valence-electron chi connectivity index (χ1n) is 6.19. The largest absolute Gasteiger partial charge is 0.465 e. The first-order valence-corrected chi connectivity index (χ1v) is 6.57. The highest BCUT2D eigenvalue weighted by atomic mass is 35.5. The summed E-state index contributed by atoms with van der Waals surface area (Å²) >= 11 is 6.07. The molecule has 1 atom stereocenters. The van der Waals surface area contributed by atoms with Crippen LogP contribution in [-0.2, 0) is 16.1 Å². The number of carbonyl (C=O) groups excluding carboxylic acids is 1. The van der Waals surface area contributed by atoms with Crippen molar-refractivity contribution in [2.75, 3.05) is 6.61 Å². The molecule has 2 aromatic rings. The van der Waals surface area contributed by atoms with E-state index in [2.05, 4.69) is 5.32 Å². The van der Waals surface area contributed by atoms with Gasteiger partial charge in [0.25, 0.3) is 0 Å². The molecule has 102 valence electrons. The maximum Gasteiger partial charge on any atom is 0.322 e. The zero-order chi connectivity index (χ0) is 13.8. The SMILES string of the molecule is CCOC(=O)C(C)NCc1c(Cl)oc2ccccc12. The normalized spacial score (nSPS) is 12.6. The number of hydrogen-bond donors (Lipinski definition) is 1. The third-order valence-corrected chi connectivity index (χ3v) is 3.18. The van der Waals surface area contributed by atoms with Crippen LogP contribution in [0, 0.1) is 0 Å². The van der Waals surface area contributed by atoms with Crippen molar-refractivity contribution in [3.05, 3.63) is 35.0 Å². The number of para-hydroxylation sites is 1. The average Bonchev–Trinajstić information content (AvgIpc) is 2.72. The van der Waals surface area contributed by atoms with Crippen LogP contribution in [0.15, 0.2) is 28.7 Å². The molecule has 0 aliphatic rings. The van der Waals surface area contributed by atoms with E-state index in [0.717, 1.165) is 16.5 Å². The fourth-order valence-electron chi connectivity index (χ4n) is 1.84. The monoisotopic (exact) mass is 281 g/mol. The van der Waals surface area contributed by atoms with Gasteiger partial charge >= 0.3 is 5.97 Å². The van der Waals surface area contributed by atoms with E-state index in [0.29, 0.717) is 18.4 Å². The fourth-order valence-corrected chi connectivity index (χ4v) is 2.09. The summed E-state index contributed by atoms with van der Waals surface area (Å²) in [7, 11) is 0. The minimum Gasteiger partial charge on any atom is -0.465 e. The number of benzene rings is 1. The first kappa shape index (κ1) is 13.9. The van der Waals surface area contributed by atoms with Gasteiger partial charge in [0.2, 0.25) is 0 Å². The topological polar surface area (TPSA) is 51.5 Å². The van der Waals surface area contributed by atoms with E-state index in [4.69, 9.17) is 20.8 Å². The van der Waals surface area contributed by atoms with Crippen LogP contribution in [0.5, 0.6) is 0 Å². The van der Waals surface area contributed by atoms with Crippen LogP contribution in [-0.4, -0.2) is 18.6 Å². The van der Waals surface area contributed by atoms with Gasteiger partial charge in [-0.25, -0.2) is 0 Å². The Bertz CT molecular complexity index is 579. The third-order valence-electron chi connectivity index (χ3n) is 2.87. The number of esters is 1. The molecule has 1 aromatic heterocycles. The molecule has 0 saturated heterocycles. The molecule has 4 nitrogen and oxygen atoms in total. The van der Waals surface area contributed by atoms with E-state index in [1.54, 1.807) is 13.8 Å². The molecule has 1 unspecified atom stereocenters. The summed E-state index contributed by atoms with van der Waals surface area (Å²) in [6.07, 6.45) is 0. The molecule has 1 heterocycles. The Hall–Kier alpha value is -1.52. The number of carbonyl (C=O) groups is 1. The van der Waals surface area contributed by atoms with Gasteiger partial charge in [0, 0.05) is 17.5 Å². The zero-order valence-electron chi connectivity index (χ0n) is 10.9. The summed E-state index contributed by atoms with van der Waals surface area (Å²) in [5.74, 6) is -0.272. The third kappa shape index (κ3) is 3.08. The standard InChI is InChI=1S/C14H16ClNO3/c1-3-18-14(17)9(2)16-8-11-10-6-4-5-7-12(10)19-13(11)15/h4-7,9,16H,3,8H2,1-2H3. The van der Waals surface area contributed by atoms with Crippen molar-refractivity contribution in [2.24, 2.45) is 0 Å². The minimum atomic E-state index is -0.385. The smallest absolute Gasteiger partial charge is 0.322 e. The molecule has 0 amide bonds. The molecule has 0 radical (unpaired) electrons. The van der Waals surface area contributed by atoms with Gasteiger partial charge in [0.05, 0.1) is 6.61 Å². The first-order chi connectivity index (χ1) is 9.13. The summed E-state index contributed by atoms with van der Waals surface area (Å²) in [6.45, 7) is 4.37. The van der Waals surface area contributed by atoms with E-state index in [9.17, 15) is 4.79 Å². The maximum atomic E-state index is 11.5. The summed E-state index contributed by atoms with van der Waals surface area (Å²) in [5.41, 5.74) is 1.60. The second-order valence-electron chi connectivity index (χ2n) is 4.21. The summed E-state index contributed by atoms with van der Waals surface area (Å²) in [5, 5.41) is 4.39. The highest BCUT2D eigenvalue weighted by molar-refractivity contribution is 6.30. The predicted octanol–water partition coefficient (Wildman–Crippen LogP) is 3.13. The van der Waals surface area contributed by atoms with Gasteiger partial charge in [-0.2, -0.15) is 0 Å². The lowest BCUT2D eigenvalue weighted by Gasteiger charge is -2.11. The Morgan fingerprint density at radius 3 is 2.95 bits per heavy atom. The summed E-state index contributed by atoms with van der Waals surface area (Å²) in [4.78, 5) is 11.5. The van der Waals surface area contributed by atoms with Crippen molar-refractivity contribution < 1.29 is 13.9 Å².